The lowest BCUT2D eigenvalue weighted by Crippen LogP contribution is -2.21. The minimum absolute atomic E-state index is 0.00432. The van der Waals surface area contributed by atoms with Crippen molar-refractivity contribution >= 4 is 17.3 Å². The molecule has 0 bridgehead atoms. The predicted molar refractivity (Wildman–Crippen MR) is 106 cm³/mol. The zero-order chi connectivity index (χ0) is 20.3. The number of carbonyl (C=O) groups is 1. The summed E-state index contributed by atoms with van der Waals surface area (Å²) >= 11 is 1.40. The maximum Gasteiger partial charge on any atom is 0.343 e. The van der Waals surface area contributed by atoms with Gasteiger partial charge in [0.05, 0.1) is 17.4 Å². The van der Waals surface area contributed by atoms with Crippen LogP contribution in [0.5, 0.6) is 11.5 Å². The van der Waals surface area contributed by atoms with Crippen molar-refractivity contribution in [2.75, 3.05) is 13.2 Å². The van der Waals surface area contributed by atoms with Crippen LogP contribution >= 0.6 is 11.3 Å². The van der Waals surface area contributed by atoms with E-state index in [4.69, 9.17) is 19.9 Å². The third-order valence-electron chi connectivity index (χ3n) is 4.28. The van der Waals surface area contributed by atoms with E-state index in [2.05, 4.69) is 12.6 Å². The van der Waals surface area contributed by atoms with Gasteiger partial charge in [0.1, 0.15) is 29.6 Å². The van der Waals surface area contributed by atoms with Gasteiger partial charge < -0.3 is 19.9 Å². The van der Waals surface area contributed by atoms with Crippen molar-refractivity contribution in [1.29, 1.82) is 5.26 Å². The number of hydrogen-bond acceptors (Lipinski definition) is 7. The molecule has 1 aliphatic heterocycles. The van der Waals surface area contributed by atoms with Crippen molar-refractivity contribution < 1.29 is 19.0 Å². The maximum absolute atomic E-state index is 12.4. The summed E-state index contributed by atoms with van der Waals surface area (Å²) in [5.74, 6) is 0.178. The maximum atomic E-state index is 12.4. The average Bonchev–Trinajstić information content (AvgIpc) is 3.01. The number of esters is 1. The summed E-state index contributed by atoms with van der Waals surface area (Å²) in [6.07, 6.45) is 1.67. The quantitative estimate of drug-likeness (QED) is 0.585. The monoisotopic (exact) mass is 396 g/mol. The van der Waals surface area contributed by atoms with E-state index in [9.17, 15) is 10.1 Å². The van der Waals surface area contributed by atoms with E-state index in [-0.39, 0.29) is 12.5 Å². The van der Waals surface area contributed by atoms with Crippen LogP contribution < -0.4 is 15.2 Å². The Bertz CT molecular complexity index is 983. The lowest BCUT2D eigenvalue weighted by Gasteiger charge is -2.24. The largest absolute Gasteiger partial charge is 0.490 e. The van der Waals surface area contributed by atoms with Crippen molar-refractivity contribution in [1.82, 2.24) is 0 Å². The highest BCUT2D eigenvalue weighted by Gasteiger charge is 2.37. The molecule has 0 radical (unpaired) electrons. The van der Waals surface area contributed by atoms with E-state index in [1.807, 2.05) is 31.2 Å². The Labute approximate surface area is 167 Å². The van der Waals surface area contributed by atoms with Crippen LogP contribution in [0.3, 0.4) is 0 Å². The minimum atomic E-state index is -0.461. The minimum Gasteiger partial charge on any atom is -0.490 e. The highest BCUT2D eigenvalue weighted by Crippen LogP contribution is 2.49. The predicted octanol–water partition coefficient (Wildman–Crippen LogP) is 4.02. The second-order valence-electron chi connectivity index (χ2n) is 6.04. The van der Waals surface area contributed by atoms with Gasteiger partial charge in [-0.2, -0.15) is 5.26 Å². The van der Waals surface area contributed by atoms with Crippen molar-refractivity contribution in [3.05, 3.63) is 69.3 Å². The summed E-state index contributed by atoms with van der Waals surface area (Å²) in [5.41, 5.74) is 7.55. The third-order valence-corrected chi connectivity index (χ3v) is 5.43. The molecule has 144 valence electrons. The smallest absolute Gasteiger partial charge is 0.343 e. The molecule has 28 heavy (non-hydrogen) atoms. The summed E-state index contributed by atoms with van der Waals surface area (Å²) < 4.78 is 16.4. The number of nitrogens with two attached hydrogens (primary N) is 1. The molecule has 2 aromatic rings. The van der Waals surface area contributed by atoms with Crippen molar-refractivity contribution in [2.24, 2.45) is 5.73 Å². The normalized spacial score (nSPS) is 15.2. The molecule has 2 N–H and O–H groups in total. The van der Waals surface area contributed by atoms with Gasteiger partial charge >= 0.3 is 5.97 Å². The van der Waals surface area contributed by atoms with Gasteiger partial charge in [0.15, 0.2) is 5.75 Å². The Balaban J connectivity index is 2.08. The standard InChI is InChI=1S/C21H20N2O4S/c1-4-10-26-14-8-6-13(7-9-14)17-15(11-22)20(23)27-18-16(21(24)25-5-2)12(3)28-19(17)18/h4,6-9,17H,1,5,10,23H2,2-3H3. The van der Waals surface area contributed by atoms with Crippen LogP contribution in [-0.2, 0) is 4.74 Å². The van der Waals surface area contributed by atoms with Crippen LogP contribution in [0.1, 0.15) is 38.5 Å². The van der Waals surface area contributed by atoms with Crippen LogP contribution in [0, 0.1) is 18.3 Å². The Morgan fingerprint density at radius 1 is 1.43 bits per heavy atom. The Hall–Kier alpha value is -3.24. The molecular weight excluding hydrogens is 376 g/mol. The number of fused-ring (bicyclic) bond motifs is 1. The zero-order valence-corrected chi connectivity index (χ0v) is 16.5. The van der Waals surface area contributed by atoms with Gasteiger partial charge in [-0.05, 0) is 31.5 Å². The second-order valence-corrected chi connectivity index (χ2v) is 7.30. The molecule has 0 saturated heterocycles. The fraction of sp³-hybridized carbons (Fsp3) is 0.238. The number of thiophene rings is 1. The molecule has 1 aliphatic rings. The molecule has 0 amide bonds. The first kappa shape index (κ1) is 19.5. The molecule has 0 spiro atoms. The van der Waals surface area contributed by atoms with E-state index in [0.29, 0.717) is 29.2 Å². The Kier molecular flexibility index (Phi) is 5.71. The highest BCUT2D eigenvalue weighted by atomic mass is 32.1. The SMILES string of the molecule is C=CCOc1ccc(C2C(C#N)=C(N)Oc3c2sc(C)c3C(=O)OCC)cc1. The van der Waals surface area contributed by atoms with Gasteiger partial charge in [-0.3, -0.25) is 0 Å². The van der Waals surface area contributed by atoms with Gasteiger partial charge in [-0.1, -0.05) is 24.8 Å². The number of hydrogen-bond donors (Lipinski definition) is 1. The number of benzene rings is 1. The lowest BCUT2D eigenvalue weighted by atomic mass is 9.88. The van der Waals surface area contributed by atoms with Gasteiger partial charge in [-0.25, -0.2) is 4.79 Å². The zero-order valence-electron chi connectivity index (χ0n) is 15.7. The first-order valence-electron chi connectivity index (χ1n) is 8.73. The fourth-order valence-electron chi connectivity index (χ4n) is 3.06. The van der Waals surface area contributed by atoms with E-state index < -0.39 is 11.9 Å². The van der Waals surface area contributed by atoms with Gasteiger partial charge in [0, 0.05) is 4.88 Å². The number of carbonyl (C=O) groups excluding carboxylic acids is 1. The first-order valence-corrected chi connectivity index (χ1v) is 9.55. The van der Waals surface area contributed by atoms with E-state index in [0.717, 1.165) is 15.3 Å². The molecule has 0 aliphatic carbocycles. The van der Waals surface area contributed by atoms with Crippen LogP contribution in [0.2, 0.25) is 0 Å². The highest BCUT2D eigenvalue weighted by molar-refractivity contribution is 7.12. The first-order chi connectivity index (χ1) is 13.5. The molecule has 0 saturated carbocycles. The van der Waals surface area contributed by atoms with Crippen molar-refractivity contribution in [3.8, 4) is 17.6 Å². The second kappa shape index (κ2) is 8.19. The summed E-state index contributed by atoms with van der Waals surface area (Å²) in [6, 6.07) is 9.56. The van der Waals surface area contributed by atoms with Crippen molar-refractivity contribution in [2.45, 2.75) is 19.8 Å². The molecular formula is C21H20N2O4S. The van der Waals surface area contributed by atoms with Crippen LogP contribution in [0.25, 0.3) is 0 Å². The molecule has 6 nitrogen and oxygen atoms in total. The van der Waals surface area contributed by atoms with Crippen LogP contribution in [0.15, 0.2) is 48.4 Å². The molecule has 1 atom stereocenters. The van der Waals surface area contributed by atoms with Gasteiger partial charge in [0.2, 0.25) is 5.88 Å². The number of ether oxygens (including phenoxy) is 3. The summed E-state index contributed by atoms with van der Waals surface area (Å²) in [4.78, 5) is 13.9. The molecule has 1 aromatic carbocycles. The number of rotatable bonds is 6. The molecule has 0 fully saturated rings. The average molecular weight is 396 g/mol. The third kappa shape index (κ3) is 3.47. The van der Waals surface area contributed by atoms with Crippen LogP contribution in [0.4, 0.5) is 0 Å². The fourth-order valence-corrected chi connectivity index (χ4v) is 4.28. The van der Waals surface area contributed by atoms with E-state index in [1.54, 1.807) is 13.0 Å². The van der Waals surface area contributed by atoms with Gasteiger partial charge in [-0.15, -0.1) is 11.3 Å². The molecule has 2 heterocycles. The van der Waals surface area contributed by atoms with Crippen LogP contribution in [-0.4, -0.2) is 19.2 Å². The molecule has 1 unspecified atom stereocenters. The van der Waals surface area contributed by atoms with Crippen molar-refractivity contribution in [3.63, 3.8) is 0 Å². The number of allylic oxidation sites excluding steroid dienone is 1. The molecule has 1 aromatic heterocycles. The Morgan fingerprint density at radius 3 is 2.75 bits per heavy atom. The summed E-state index contributed by atoms with van der Waals surface area (Å²) in [7, 11) is 0. The lowest BCUT2D eigenvalue weighted by molar-refractivity contribution is 0.0522. The number of nitriles is 1. The molecule has 3 rings (SSSR count). The molecule has 7 heteroatoms. The number of aryl methyl sites for hydroxylation is 1. The summed E-state index contributed by atoms with van der Waals surface area (Å²) in [5, 5.41) is 9.67. The Morgan fingerprint density at radius 2 is 2.14 bits per heavy atom. The van der Waals surface area contributed by atoms with E-state index in [1.165, 1.54) is 11.3 Å². The van der Waals surface area contributed by atoms with Gasteiger partial charge in [0.25, 0.3) is 0 Å². The number of nitrogens with zero attached hydrogens (tertiary/aromatic N) is 1. The van der Waals surface area contributed by atoms with E-state index >= 15 is 0 Å². The topological polar surface area (TPSA) is 94.6 Å². The summed E-state index contributed by atoms with van der Waals surface area (Å²) in [6.45, 7) is 7.86.